The molecule has 3 rings (SSSR count). The number of hydrogen-bond donors (Lipinski definition) is 2. The highest BCUT2D eigenvalue weighted by molar-refractivity contribution is 5.98. The molecule has 3 N–H and O–H groups in total. The Bertz CT molecular complexity index is 748. The zero-order valence-electron chi connectivity index (χ0n) is 13.8. The second kappa shape index (κ2) is 6.70. The Balaban J connectivity index is 1.80. The quantitative estimate of drug-likeness (QED) is 0.844. The second-order valence-corrected chi connectivity index (χ2v) is 5.63. The van der Waals surface area contributed by atoms with Crippen LogP contribution in [0.2, 0.25) is 0 Å². The zero-order valence-corrected chi connectivity index (χ0v) is 13.8. The number of nitrogens with one attached hydrogen (secondary N) is 1. The van der Waals surface area contributed by atoms with Gasteiger partial charge in [0.05, 0.1) is 25.0 Å². The Morgan fingerprint density at radius 3 is 2.92 bits per heavy atom. The third-order valence-corrected chi connectivity index (χ3v) is 4.09. The SMILES string of the molecule is COc1ccccc1NC(=O)C(C)N1CCOc2cc(N)ccc21. The summed E-state index contributed by atoms with van der Waals surface area (Å²) >= 11 is 0. The molecule has 6 heteroatoms. The maximum atomic E-state index is 12.7. The number of para-hydroxylation sites is 2. The van der Waals surface area contributed by atoms with Crippen LogP contribution in [-0.2, 0) is 4.79 Å². The first kappa shape index (κ1) is 16.0. The molecule has 6 nitrogen and oxygen atoms in total. The van der Waals surface area contributed by atoms with Crippen molar-refractivity contribution in [3.8, 4) is 11.5 Å². The van der Waals surface area contributed by atoms with Crippen LogP contribution in [0, 0.1) is 0 Å². The number of carbonyl (C=O) groups excluding carboxylic acids is 1. The number of nitrogens with zero attached hydrogens (tertiary/aromatic N) is 1. The number of amides is 1. The first-order valence-electron chi connectivity index (χ1n) is 7.83. The molecule has 0 radical (unpaired) electrons. The molecular formula is C18H21N3O3. The molecule has 1 atom stereocenters. The molecule has 1 aliphatic rings. The van der Waals surface area contributed by atoms with Crippen molar-refractivity contribution in [2.45, 2.75) is 13.0 Å². The fourth-order valence-corrected chi connectivity index (χ4v) is 2.79. The van der Waals surface area contributed by atoms with Crippen molar-refractivity contribution < 1.29 is 14.3 Å². The van der Waals surface area contributed by atoms with E-state index in [2.05, 4.69) is 5.32 Å². The molecule has 0 spiro atoms. The van der Waals surface area contributed by atoms with E-state index in [1.165, 1.54) is 0 Å². The monoisotopic (exact) mass is 327 g/mol. The number of nitrogens with two attached hydrogens (primary N) is 1. The largest absolute Gasteiger partial charge is 0.495 e. The van der Waals surface area contributed by atoms with Crippen LogP contribution in [0.4, 0.5) is 17.1 Å². The van der Waals surface area contributed by atoms with Crippen LogP contribution in [0.25, 0.3) is 0 Å². The van der Waals surface area contributed by atoms with E-state index in [4.69, 9.17) is 15.2 Å². The Kier molecular flexibility index (Phi) is 4.46. The smallest absolute Gasteiger partial charge is 0.246 e. The lowest BCUT2D eigenvalue weighted by molar-refractivity contribution is -0.117. The Morgan fingerprint density at radius 2 is 2.12 bits per heavy atom. The van der Waals surface area contributed by atoms with Crippen molar-refractivity contribution in [1.82, 2.24) is 0 Å². The van der Waals surface area contributed by atoms with Gasteiger partial charge in [-0.2, -0.15) is 0 Å². The van der Waals surface area contributed by atoms with Gasteiger partial charge in [0.15, 0.2) is 0 Å². The molecule has 0 saturated carbocycles. The van der Waals surface area contributed by atoms with E-state index in [1.54, 1.807) is 13.2 Å². The first-order chi connectivity index (χ1) is 11.6. The summed E-state index contributed by atoms with van der Waals surface area (Å²) in [5.74, 6) is 1.23. The molecule has 1 heterocycles. The fraction of sp³-hybridized carbons (Fsp3) is 0.278. The van der Waals surface area contributed by atoms with E-state index in [-0.39, 0.29) is 11.9 Å². The molecular weight excluding hydrogens is 306 g/mol. The van der Waals surface area contributed by atoms with E-state index in [0.717, 1.165) is 5.69 Å². The van der Waals surface area contributed by atoms with Crippen LogP contribution < -0.4 is 25.4 Å². The minimum Gasteiger partial charge on any atom is -0.495 e. The highest BCUT2D eigenvalue weighted by atomic mass is 16.5. The maximum Gasteiger partial charge on any atom is 0.246 e. The van der Waals surface area contributed by atoms with Gasteiger partial charge < -0.3 is 25.4 Å². The minimum absolute atomic E-state index is 0.107. The van der Waals surface area contributed by atoms with E-state index in [0.29, 0.717) is 36.0 Å². The molecule has 0 bridgehead atoms. The van der Waals surface area contributed by atoms with Crippen LogP contribution in [-0.4, -0.2) is 32.2 Å². The van der Waals surface area contributed by atoms with Gasteiger partial charge in [-0.1, -0.05) is 12.1 Å². The minimum atomic E-state index is -0.360. The molecule has 0 saturated heterocycles. The average molecular weight is 327 g/mol. The number of rotatable bonds is 4. The van der Waals surface area contributed by atoms with Crippen molar-refractivity contribution in [3.05, 3.63) is 42.5 Å². The molecule has 0 aromatic heterocycles. The maximum absolute atomic E-state index is 12.7. The van der Waals surface area contributed by atoms with Crippen LogP contribution in [0.3, 0.4) is 0 Å². The highest BCUT2D eigenvalue weighted by Crippen LogP contribution is 2.34. The lowest BCUT2D eigenvalue weighted by Crippen LogP contribution is -2.46. The van der Waals surface area contributed by atoms with Gasteiger partial charge in [-0.15, -0.1) is 0 Å². The summed E-state index contributed by atoms with van der Waals surface area (Å²) in [4.78, 5) is 14.7. The second-order valence-electron chi connectivity index (χ2n) is 5.63. The number of carbonyl (C=O) groups is 1. The number of ether oxygens (including phenoxy) is 2. The van der Waals surface area contributed by atoms with Gasteiger partial charge >= 0.3 is 0 Å². The van der Waals surface area contributed by atoms with Gasteiger partial charge in [-0.25, -0.2) is 0 Å². The van der Waals surface area contributed by atoms with Crippen molar-refractivity contribution in [2.75, 3.05) is 36.2 Å². The molecule has 2 aromatic carbocycles. The number of nitrogen functional groups attached to an aromatic ring is 1. The Labute approximate surface area is 141 Å². The number of benzene rings is 2. The van der Waals surface area contributed by atoms with E-state index < -0.39 is 0 Å². The van der Waals surface area contributed by atoms with Gasteiger partial charge in [-0.3, -0.25) is 4.79 Å². The van der Waals surface area contributed by atoms with Crippen LogP contribution in [0.15, 0.2) is 42.5 Å². The molecule has 2 aromatic rings. The summed E-state index contributed by atoms with van der Waals surface area (Å²) in [7, 11) is 1.58. The number of hydrogen-bond acceptors (Lipinski definition) is 5. The molecule has 1 amide bonds. The van der Waals surface area contributed by atoms with Crippen molar-refractivity contribution in [1.29, 1.82) is 0 Å². The normalized spacial score (nSPS) is 14.3. The Hall–Kier alpha value is -2.89. The summed E-state index contributed by atoms with van der Waals surface area (Å²) in [6.45, 7) is 3.02. The van der Waals surface area contributed by atoms with Crippen molar-refractivity contribution in [2.24, 2.45) is 0 Å². The molecule has 126 valence electrons. The first-order valence-corrected chi connectivity index (χ1v) is 7.83. The van der Waals surface area contributed by atoms with Gasteiger partial charge in [0.25, 0.3) is 0 Å². The van der Waals surface area contributed by atoms with Crippen LogP contribution in [0.5, 0.6) is 11.5 Å². The van der Waals surface area contributed by atoms with E-state index in [1.807, 2.05) is 48.2 Å². The van der Waals surface area contributed by atoms with Gasteiger partial charge in [0.2, 0.25) is 5.91 Å². The number of fused-ring (bicyclic) bond motifs is 1. The molecule has 1 unspecified atom stereocenters. The molecule has 24 heavy (non-hydrogen) atoms. The van der Waals surface area contributed by atoms with Gasteiger partial charge in [-0.05, 0) is 31.2 Å². The molecule has 0 fully saturated rings. The van der Waals surface area contributed by atoms with Crippen LogP contribution in [0.1, 0.15) is 6.92 Å². The molecule has 0 aliphatic carbocycles. The predicted octanol–water partition coefficient (Wildman–Crippen LogP) is 2.50. The van der Waals surface area contributed by atoms with Gasteiger partial charge in [0, 0.05) is 11.8 Å². The summed E-state index contributed by atoms with van der Waals surface area (Å²) in [5.41, 5.74) is 7.97. The third kappa shape index (κ3) is 3.08. The lowest BCUT2D eigenvalue weighted by atomic mass is 10.1. The number of methoxy groups -OCH3 is 1. The third-order valence-electron chi connectivity index (χ3n) is 4.09. The zero-order chi connectivity index (χ0) is 17.1. The van der Waals surface area contributed by atoms with Crippen molar-refractivity contribution >= 4 is 23.0 Å². The summed E-state index contributed by atoms with van der Waals surface area (Å²) < 4.78 is 10.9. The molecule has 1 aliphatic heterocycles. The summed E-state index contributed by atoms with van der Waals surface area (Å²) in [6.07, 6.45) is 0. The predicted molar refractivity (Wildman–Crippen MR) is 94.8 cm³/mol. The standard InChI is InChI=1S/C18H21N3O3/c1-12(18(22)20-14-5-3-4-6-16(14)23-2)21-9-10-24-17-11-13(19)7-8-15(17)21/h3-8,11-12H,9-10,19H2,1-2H3,(H,20,22). The number of anilines is 3. The van der Waals surface area contributed by atoms with E-state index in [9.17, 15) is 4.79 Å². The average Bonchev–Trinajstić information content (AvgIpc) is 2.60. The Morgan fingerprint density at radius 1 is 1.33 bits per heavy atom. The fourth-order valence-electron chi connectivity index (χ4n) is 2.79. The van der Waals surface area contributed by atoms with Gasteiger partial charge in [0.1, 0.15) is 24.1 Å². The van der Waals surface area contributed by atoms with Crippen LogP contribution >= 0.6 is 0 Å². The lowest BCUT2D eigenvalue weighted by Gasteiger charge is -2.35. The summed E-state index contributed by atoms with van der Waals surface area (Å²) in [5, 5.41) is 2.93. The van der Waals surface area contributed by atoms with Crippen molar-refractivity contribution in [3.63, 3.8) is 0 Å². The topological polar surface area (TPSA) is 76.8 Å². The highest BCUT2D eigenvalue weighted by Gasteiger charge is 2.27. The summed E-state index contributed by atoms with van der Waals surface area (Å²) in [6, 6.07) is 12.5. The van der Waals surface area contributed by atoms with E-state index >= 15 is 0 Å².